The number of ketones is 1. The van der Waals surface area contributed by atoms with E-state index in [1.165, 1.54) is 16.2 Å². The summed E-state index contributed by atoms with van der Waals surface area (Å²) < 4.78 is 12.3. The van der Waals surface area contributed by atoms with Crippen LogP contribution in [0.5, 0.6) is 5.75 Å². The fourth-order valence-corrected chi connectivity index (χ4v) is 5.69. The molecule has 188 valence electrons. The van der Waals surface area contributed by atoms with Crippen LogP contribution in [-0.4, -0.2) is 28.4 Å². The summed E-state index contributed by atoms with van der Waals surface area (Å²) in [4.78, 5) is 33.4. The topological polar surface area (TPSA) is 92.9 Å². The molecule has 0 saturated heterocycles. The van der Waals surface area contributed by atoms with E-state index in [0.717, 1.165) is 21.2 Å². The molecule has 3 heterocycles. The van der Waals surface area contributed by atoms with Crippen LogP contribution in [-0.2, 0) is 4.79 Å². The minimum absolute atomic E-state index is 0.0401. The molecule has 8 heteroatoms. The molecular formula is C30H22N2O5S. The Bertz CT molecular complexity index is 1730. The number of amides is 1. The number of aromatic nitrogens is 1. The number of anilines is 1. The van der Waals surface area contributed by atoms with Crippen LogP contribution in [0.3, 0.4) is 0 Å². The van der Waals surface area contributed by atoms with Crippen LogP contribution in [0.4, 0.5) is 5.13 Å². The van der Waals surface area contributed by atoms with Crippen LogP contribution >= 0.6 is 11.3 Å². The maximum atomic E-state index is 13.8. The van der Waals surface area contributed by atoms with Crippen molar-refractivity contribution in [3.8, 4) is 5.75 Å². The van der Waals surface area contributed by atoms with Crippen molar-refractivity contribution in [2.45, 2.75) is 13.0 Å². The Balaban J connectivity index is 1.48. The Morgan fingerprint density at radius 3 is 2.71 bits per heavy atom. The Kier molecular flexibility index (Phi) is 5.81. The van der Waals surface area contributed by atoms with Gasteiger partial charge in [0.05, 0.1) is 21.8 Å². The number of nitrogens with zero attached hydrogens (tertiary/aromatic N) is 2. The molecule has 1 atom stereocenters. The lowest BCUT2D eigenvalue weighted by Gasteiger charge is -2.24. The molecule has 0 spiro atoms. The van der Waals surface area contributed by atoms with Crippen LogP contribution in [0, 0.1) is 6.92 Å². The van der Waals surface area contributed by atoms with Gasteiger partial charge in [-0.15, -0.1) is 0 Å². The molecule has 38 heavy (non-hydrogen) atoms. The number of ether oxygens (including phenoxy) is 1. The zero-order valence-corrected chi connectivity index (χ0v) is 21.2. The van der Waals surface area contributed by atoms with E-state index in [2.05, 4.69) is 11.6 Å². The lowest BCUT2D eigenvalue weighted by molar-refractivity contribution is -0.117. The molecule has 0 bridgehead atoms. The number of carbonyl (C=O) groups is 2. The van der Waals surface area contributed by atoms with Crippen molar-refractivity contribution in [3.05, 3.63) is 114 Å². The van der Waals surface area contributed by atoms with Gasteiger partial charge in [0.25, 0.3) is 5.91 Å². The van der Waals surface area contributed by atoms with Gasteiger partial charge >= 0.3 is 0 Å². The number of para-hydroxylation sites is 1. The van der Waals surface area contributed by atoms with E-state index in [9.17, 15) is 14.7 Å². The standard InChI is InChI=1S/C30H22N2O5S/c1-3-14-36-20-11-9-18(10-12-20)26-25(27(33)23-16-19-6-4-5-7-22(19)37-23)28(34)29(35)32(26)30-31-21-13-8-17(2)15-24(21)38-30/h3-13,15-16,26,34H,1,14H2,2H3. The fraction of sp³-hybridized carbons (Fsp3) is 0.100. The number of carbonyl (C=O) groups excluding carboxylic acids is 2. The van der Waals surface area contributed by atoms with Crippen molar-refractivity contribution >= 4 is 49.3 Å². The van der Waals surface area contributed by atoms with E-state index in [-0.39, 0.29) is 11.3 Å². The number of thiazole rings is 1. The largest absolute Gasteiger partial charge is 0.503 e. The Labute approximate surface area is 221 Å². The van der Waals surface area contributed by atoms with Gasteiger partial charge in [0.15, 0.2) is 16.7 Å². The second-order valence-corrected chi connectivity index (χ2v) is 9.96. The summed E-state index contributed by atoms with van der Waals surface area (Å²) in [5, 5.41) is 12.2. The lowest BCUT2D eigenvalue weighted by atomic mass is 9.95. The van der Waals surface area contributed by atoms with Gasteiger partial charge in [0.1, 0.15) is 17.9 Å². The highest BCUT2D eigenvalue weighted by atomic mass is 32.1. The first-order valence-corrected chi connectivity index (χ1v) is 12.8. The van der Waals surface area contributed by atoms with Crippen LogP contribution in [0.25, 0.3) is 21.2 Å². The maximum absolute atomic E-state index is 13.8. The molecular weight excluding hydrogens is 500 g/mol. The minimum atomic E-state index is -0.918. The molecule has 7 nitrogen and oxygen atoms in total. The number of Topliss-reactive ketones (excluding diaryl/α,β-unsaturated/α-hetero) is 1. The Hall–Kier alpha value is -4.69. The van der Waals surface area contributed by atoms with Gasteiger partial charge < -0.3 is 14.3 Å². The summed E-state index contributed by atoms with van der Waals surface area (Å²) in [5.41, 5.74) is 2.88. The van der Waals surface area contributed by atoms with Gasteiger partial charge in [-0.2, -0.15) is 0 Å². The average molecular weight is 523 g/mol. The van der Waals surface area contributed by atoms with E-state index >= 15 is 0 Å². The number of fused-ring (bicyclic) bond motifs is 2. The first kappa shape index (κ1) is 23.7. The molecule has 5 aromatic rings. The number of aryl methyl sites for hydroxylation is 1. The monoisotopic (exact) mass is 522 g/mol. The summed E-state index contributed by atoms with van der Waals surface area (Å²) >= 11 is 1.33. The first-order valence-electron chi connectivity index (χ1n) is 12.0. The molecule has 2 aromatic heterocycles. The van der Waals surface area contributed by atoms with E-state index in [4.69, 9.17) is 9.15 Å². The van der Waals surface area contributed by atoms with Gasteiger partial charge in [-0.1, -0.05) is 60.4 Å². The molecule has 0 aliphatic carbocycles. The number of furan rings is 1. The highest BCUT2D eigenvalue weighted by molar-refractivity contribution is 7.22. The zero-order chi connectivity index (χ0) is 26.4. The van der Waals surface area contributed by atoms with Gasteiger partial charge in [-0.3, -0.25) is 14.5 Å². The molecule has 0 radical (unpaired) electrons. The molecule has 3 aromatic carbocycles. The summed E-state index contributed by atoms with van der Waals surface area (Å²) in [5.74, 6) is -1.24. The number of hydrogen-bond acceptors (Lipinski definition) is 7. The number of rotatable bonds is 7. The van der Waals surface area contributed by atoms with Gasteiger partial charge in [-0.25, -0.2) is 4.98 Å². The zero-order valence-electron chi connectivity index (χ0n) is 20.4. The number of aliphatic hydroxyl groups is 1. The van der Waals surface area contributed by atoms with Gasteiger partial charge in [0, 0.05) is 5.39 Å². The predicted molar refractivity (Wildman–Crippen MR) is 147 cm³/mol. The molecule has 1 amide bonds. The van der Waals surface area contributed by atoms with E-state index in [0.29, 0.717) is 28.6 Å². The van der Waals surface area contributed by atoms with Crippen LogP contribution in [0.1, 0.15) is 27.7 Å². The highest BCUT2D eigenvalue weighted by Crippen LogP contribution is 2.44. The predicted octanol–water partition coefficient (Wildman–Crippen LogP) is 6.70. The summed E-state index contributed by atoms with van der Waals surface area (Å²) in [6.07, 6.45) is 1.64. The van der Waals surface area contributed by atoms with Gasteiger partial charge in [-0.05, 0) is 54.4 Å². The smallest absolute Gasteiger partial charge is 0.296 e. The van der Waals surface area contributed by atoms with Crippen molar-refractivity contribution in [2.75, 3.05) is 11.5 Å². The van der Waals surface area contributed by atoms with Crippen molar-refractivity contribution in [3.63, 3.8) is 0 Å². The number of aliphatic hydroxyl groups excluding tert-OH is 1. The molecule has 0 fully saturated rings. The molecule has 0 saturated carbocycles. The highest BCUT2D eigenvalue weighted by Gasteiger charge is 2.46. The SMILES string of the molecule is C=CCOc1ccc(C2C(C(=O)c3cc4ccccc4o3)=C(O)C(=O)N2c2nc3ccc(C)cc3s2)cc1. The quantitative estimate of drug-likeness (QED) is 0.189. The van der Waals surface area contributed by atoms with Crippen molar-refractivity contribution < 1.29 is 23.8 Å². The van der Waals surface area contributed by atoms with Crippen LogP contribution in [0.2, 0.25) is 0 Å². The Morgan fingerprint density at radius 2 is 1.95 bits per heavy atom. The van der Waals surface area contributed by atoms with Crippen molar-refractivity contribution in [1.29, 1.82) is 0 Å². The second kappa shape index (κ2) is 9.32. The lowest BCUT2D eigenvalue weighted by Crippen LogP contribution is -2.30. The summed E-state index contributed by atoms with van der Waals surface area (Å²) in [6, 6.07) is 20.8. The molecule has 1 N–H and O–H groups in total. The number of benzene rings is 3. The molecule has 1 aliphatic rings. The summed E-state index contributed by atoms with van der Waals surface area (Å²) in [7, 11) is 0. The molecule has 6 rings (SSSR count). The van der Waals surface area contributed by atoms with Crippen molar-refractivity contribution in [2.24, 2.45) is 0 Å². The Morgan fingerprint density at radius 1 is 1.16 bits per heavy atom. The second-order valence-electron chi connectivity index (χ2n) is 8.95. The average Bonchev–Trinajstić information content (AvgIpc) is 3.61. The minimum Gasteiger partial charge on any atom is -0.503 e. The van der Waals surface area contributed by atoms with Gasteiger partial charge in [0.2, 0.25) is 5.78 Å². The van der Waals surface area contributed by atoms with E-state index in [1.54, 1.807) is 42.5 Å². The van der Waals surface area contributed by atoms with Crippen molar-refractivity contribution in [1.82, 2.24) is 4.98 Å². The van der Waals surface area contributed by atoms with Crippen LogP contribution in [0.15, 0.2) is 101 Å². The summed E-state index contributed by atoms with van der Waals surface area (Å²) in [6.45, 7) is 5.98. The first-order chi connectivity index (χ1) is 18.4. The third-order valence-corrected chi connectivity index (χ3v) is 7.42. The molecule has 1 aliphatic heterocycles. The van der Waals surface area contributed by atoms with E-state index in [1.807, 2.05) is 43.3 Å². The van der Waals surface area contributed by atoms with Crippen LogP contribution < -0.4 is 9.64 Å². The fourth-order valence-electron chi connectivity index (χ4n) is 4.60. The maximum Gasteiger partial charge on any atom is 0.296 e. The normalized spacial score (nSPS) is 15.6. The third kappa shape index (κ3) is 3.95. The number of hydrogen-bond donors (Lipinski definition) is 1. The van der Waals surface area contributed by atoms with E-state index < -0.39 is 23.5 Å². The third-order valence-electron chi connectivity index (χ3n) is 6.40. The molecule has 1 unspecified atom stereocenters.